The summed E-state index contributed by atoms with van der Waals surface area (Å²) in [6, 6.07) is -0.755. The van der Waals surface area contributed by atoms with Gasteiger partial charge in [-0.15, -0.1) is 0 Å². The van der Waals surface area contributed by atoms with Gasteiger partial charge in [0.15, 0.2) is 0 Å². The Hall–Kier alpha value is -1.28. The topological polar surface area (TPSA) is 98.1 Å². The number of hydrogen-bond donors (Lipinski definition) is 2. The Morgan fingerprint density at radius 2 is 2.12 bits per heavy atom. The van der Waals surface area contributed by atoms with E-state index in [9.17, 15) is 19.5 Å². The van der Waals surface area contributed by atoms with Crippen molar-refractivity contribution in [2.24, 2.45) is 0 Å². The first-order valence-corrected chi connectivity index (χ1v) is 6.14. The van der Waals surface area contributed by atoms with Crippen LogP contribution < -0.4 is 0 Å². The monoisotopic (exact) mass is 260 g/mol. The van der Waals surface area contributed by atoms with Crippen LogP contribution in [-0.4, -0.2) is 68.2 Å². The summed E-state index contributed by atoms with van der Waals surface area (Å²) >= 11 is 0.879. The zero-order chi connectivity index (χ0) is 12.6. The number of thioether (sulfide) groups is 1. The van der Waals surface area contributed by atoms with Gasteiger partial charge < -0.3 is 15.1 Å². The standard InChI is InChI=1S/C9H12N2O5S/c12-6-1-2-10(8(14)15)3-5(6)11-7(13)4-17-9(11)16/h5-6,12H,1-4H2,(H,14,15)/t5-,6-/m0/s1. The van der Waals surface area contributed by atoms with E-state index < -0.39 is 23.5 Å². The number of likely N-dealkylation sites (tertiary alicyclic amines) is 1. The largest absolute Gasteiger partial charge is 0.465 e. The fourth-order valence-electron chi connectivity index (χ4n) is 2.03. The highest BCUT2D eigenvalue weighted by molar-refractivity contribution is 8.14. The molecule has 17 heavy (non-hydrogen) atoms. The third kappa shape index (κ3) is 2.22. The highest BCUT2D eigenvalue weighted by Crippen LogP contribution is 2.26. The van der Waals surface area contributed by atoms with Crippen LogP contribution >= 0.6 is 11.8 Å². The lowest BCUT2D eigenvalue weighted by Crippen LogP contribution is -2.57. The van der Waals surface area contributed by atoms with Crippen LogP contribution in [0, 0.1) is 0 Å². The minimum atomic E-state index is -1.10. The van der Waals surface area contributed by atoms with Crippen molar-refractivity contribution in [2.45, 2.75) is 18.6 Å². The summed E-state index contributed by atoms with van der Waals surface area (Å²) in [7, 11) is 0. The van der Waals surface area contributed by atoms with Gasteiger partial charge in [0.05, 0.1) is 17.9 Å². The molecule has 0 unspecified atom stereocenters. The Bertz CT molecular complexity index is 358. The van der Waals surface area contributed by atoms with Gasteiger partial charge in [-0.1, -0.05) is 11.8 Å². The average molecular weight is 260 g/mol. The van der Waals surface area contributed by atoms with Gasteiger partial charge in [0.25, 0.3) is 5.24 Å². The maximum Gasteiger partial charge on any atom is 0.407 e. The van der Waals surface area contributed by atoms with Crippen LogP contribution in [0.2, 0.25) is 0 Å². The molecule has 3 amide bonds. The van der Waals surface area contributed by atoms with Gasteiger partial charge in [0, 0.05) is 13.1 Å². The number of aliphatic hydroxyl groups is 1. The van der Waals surface area contributed by atoms with Crippen molar-refractivity contribution in [1.29, 1.82) is 0 Å². The van der Waals surface area contributed by atoms with E-state index in [0.717, 1.165) is 21.6 Å². The lowest BCUT2D eigenvalue weighted by Gasteiger charge is -2.38. The first-order valence-electron chi connectivity index (χ1n) is 5.15. The van der Waals surface area contributed by atoms with Gasteiger partial charge in [-0.25, -0.2) is 4.79 Å². The Labute approximate surface area is 101 Å². The van der Waals surface area contributed by atoms with Crippen molar-refractivity contribution >= 4 is 29.0 Å². The van der Waals surface area contributed by atoms with E-state index >= 15 is 0 Å². The first-order chi connectivity index (χ1) is 8.00. The van der Waals surface area contributed by atoms with Gasteiger partial charge >= 0.3 is 6.09 Å². The van der Waals surface area contributed by atoms with Crippen LogP contribution in [0.3, 0.4) is 0 Å². The highest BCUT2D eigenvalue weighted by atomic mass is 32.2. The molecule has 2 rings (SSSR count). The molecule has 2 saturated heterocycles. The fourth-order valence-corrected chi connectivity index (χ4v) is 2.79. The quantitative estimate of drug-likeness (QED) is 0.677. The number of aliphatic hydroxyl groups excluding tert-OH is 1. The van der Waals surface area contributed by atoms with E-state index in [2.05, 4.69) is 0 Å². The molecule has 2 atom stereocenters. The predicted molar refractivity (Wildman–Crippen MR) is 58.7 cm³/mol. The van der Waals surface area contributed by atoms with Crippen molar-refractivity contribution in [2.75, 3.05) is 18.8 Å². The molecule has 94 valence electrons. The summed E-state index contributed by atoms with van der Waals surface area (Å²) < 4.78 is 0. The maximum atomic E-state index is 11.5. The fraction of sp³-hybridized carbons (Fsp3) is 0.667. The Morgan fingerprint density at radius 3 is 2.65 bits per heavy atom. The predicted octanol–water partition coefficient (Wildman–Crippen LogP) is -0.205. The summed E-state index contributed by atoms with van der Waals surface area (Å²) in [6.45, 7) is 0.199. The highest BCUT2D eigenvalue weighted by Gasteiger charge is 2.42. The van der Waals surface area contributed by atoms with E-state index in [1.54, 1.807) is 0 Å². The minimum absolute atomic E-state index is 0.0193. The molecule has 8 heteroatoms. The molecule has 0 aliphatic carbocycles. The normalized spacial score (nSPS) is 29.9. The molecular formula is C9H12N2O5S. The molecule has 2 heterocycles. The Kier molecular flexibility index (Phi) is 3.25. The van der Waals surface area contributed by atoms with E-state index in [0.29, 0.717) is 0 Å². The molecule has 0 saturated carbocycles. The molecule has 7 nitrogen and oxygen atoms in total. The minimum Gasteiger partial charge on any atom is -0.465 e. The number of carbonyl (C=O) groups excluding carboxylic acids is 2. The second kappa shape index (κ2) is 4.53. The zero-order valence-electron chi connectivity index (χ0n) is 8.90. The summed E-state index contributed by atoms with van der Waals surface area (Å²) in [5, 5.41) is 18.2. The van der Waals surface area contributed by atoms with E-state index in [-0.39, 0.29) is 31.2 Å². The van der Waals surface area contributed by atoms with Crippen molar-refractivity contribution in [3.8, 4) is 0 Å². The number of hydrogen-bond acceptors (Lipinski definition) is 5. The molecule has 2 fully saturated rings. The first kappa shape index (κ1) is 12.2. The second-order valence-electron chi connectivity index (χ2n) is 3.97. The van der Waals surface area contributed by atoms with E-state index in [4.69, 9.17) is 5.11 Å². The SMILES string of the molecule is O=C(O)N1CC[C@H](O)[C@@H](N2C(=O)CSC2=O)C1. The summed E-state index contributed by atoms with van der Waals surface area (Å²) in [4.78, 5) is 35.9. The summed E-state index contributed by atoms with van der Waals surface area (Å²) in [6.07, 6.45) is -1.72. The lowest BCUT2D eigenvalue weighted by molar-refractivity contribution is -0.129. The molecule has 0 radical (unpaired) electrons. The number of amides is 3. The van der Waals surface area contributed by atoms with Crippen molar-refractivity contribution in [3.63, 3.8) is 0 Å². The van der Waals surface area contributed by atoms with Crippen LogP contribution in [-0.2, 0) is 4.79 Å². The molecule has 2 N–H and O–H groups in total. The molecule has 0 spiro atoms. The van der Waals surface area contributed by atoms with Crippen LogP contribution in [0.5, 0.6) is 0 Å². The number of rotatable bonds is 1. The third-order valence-corrected chi connectivity index (χ3v) is 3.77. The number of imide groups is 1. The van der Waals surface area contributed by atoms with Gasteiger partial charge in [0.1, 0.15) is 0 Å². The van der Waals surface area contributed by atoms with Crippen LogP contribution in [0.15, 0.2) is 0 Å². The van der Waals surface area contributed by atoms with Crippen molar-refractivity contribution < 1.29 is 24.6 Å². The van der Waals surface area contributed by atoms with Gasteiger partial charge in [-0.2, -0.15) is 0 Å². The smallest absolute Gasteiger partial charge is 0.407 e. The molecule has 0 aromatic rings. The van der Waals surface area contributed by atoms with Gasteiger partial charge in [0.2, 0.25) is 5.91 Å². The van der Waals surface area contributed by atoms with Crippen LogP contribution in [0.4, 0.5) is 9.59 Å². The van der Waals surface area contributed by atoms with Crippen molar-refractivity contribution in [3.05, 3.63) is 0 Å². The summed E-state index contributed by atoms with van der Waals surface area (Å²) in [5.41, 5.74) is 0. The number of nitrogens with zero attached hydrogens (tertiary/aromatic N) is 2. The van der Waals surface area contributed by atoms with E-state index in [1.165, 1.54) is 0 Å². The Balaban J connectivity index is 2.15. The van der Waals surface area contributed by atoms with Crippen molar-refractivity contribution in [1.82, 2.24) is 9.80 Å². The van der Waals surface area contributed by atoms with Crippen LogP contribution in [0.1, 0.15) is 6.42 Å². The number of carbonyl (C=O) groups is 3. The van der Waals surface area contributed by atoms with E-state index in [1.807, 2.05) is 0 Å². The molecule has 2 aliphatic heterocycles. The molecule has 0 aromatic carbocycles. The molecule has 0 aromatic heterocycles. The van der Waals surface area contributed by atoms with Gasteiger partial charge in [-0.05, 0) is 6.42 Å². The number of piperidine rings is 1. The molecule has 0 bridgehead atoms. The lowest BCUT2D eigenvalue weighted by atomic mass is 10.0. The Morgan fingerprint density at radius 1 is 1.41 bits per heavy atom. The zero-order valence-corrected chi connectivity index (χ0v) is 9.72. The average Bonchev–Trinajstić information content (AvgIpc) is 2.59. The van der Waals surface area contributed by atoms with Gasteiger partial charge in [-0.3, -0.25) is 14.5 Å². The maximum absolute atomic E-state index is 11.5. The third-order valence-electron chi connectivity index (χ3n) is 2.93. The summed E-state index contributed by atoms with van der Waals surface area (Å²) in [5.74, 6) is -0.300. The molecular weight excluding hydrogens is 248 g/mol. The second-order valence-corrected chi connectivity index (χ2v) is 4.90. The molecule has 2 aliphatic rings. The number of carboxylic acid groups (broad SMARTS) is 1. The van der Waals surface area contributed by atoms with Crippen LogP contribution in [0.25, 0.3) is 0 Å².